The third-order valence-electron chi connectivity index (χ3n) is 4.18. The van der Waals surface area contributed by atoms with Crippen LogP contribution in [0.15, 0.2) is 15.9 Å². The van der Waals surface area contributed by atoms with E-state index in [-0.39, 0.29) is 11.6 Å². The highest BCUT2D eigenvalue weighted by Crippen LogP contribution is 2.45. The summed E-state index contributed by atoms with van der Waals surface area (Å²) in [5.41, 5.74) is 3.16. The standard InChI is InChI=1S/C13H19BrN2OS2/c14-10-2-5-19-12(10)11(16-15)9-1-4-17-13(7-9)3-6-18-8-13/h2,5,9,11,16H,1,3-4,6-8,15H2. The van der Waals surface area contributed by atoms with Gasteiger partial charge in [-0.15, -0.1) is 11.3 Å². The summed E-state index contributed by atoms with van der Waals surface area (Å²) >= 11 is 7.42. The van der Waals surface area contributed by atoms with E-state index in [1.165, 1.54) is 21.5 Å². The van der Waals surface area contributed by atoms with Crippen LogP contribution in [0.2, 0.25) is 0 Å². The maximum atomic E-state index is 6.10. The Balaban J connectivity index is 1.78. The summed E-state index contributed by atoms with van der Waals surface area (Å²) < 4.78 is 7.27. The molecule has 6 heteroatoms. The predicted molar refractivity (Wildman–Crippen MR) is 85.4 cm³/mol. The zero-order valence-corrected chi connectivity index (χ0v) is 14.0. The van der Waals surface area contributed by atoms with E-state index in [2.05, 4.69) is 32.8 Å². The van der Waals surface area contributed by atoms with Crippen LogP contribution in [0.3, 0.4) is 0 Å². The Morgan fingerprint density at radius 3 is 3.11 bits per heavy atom. The number of hydrogen-bond acceptors (Lipinski definition) is 5. The van der Waals surface area contributed by atoms with Gasteiger partial charge in [0.05, 0.1) is 11.6 Å². The minimum absolute atomic E-state index is 0.117. The molecule has 3 nitrogen and oxygen atoms in total. The van der Waals surface area contributed by atoms with E-state index >= 15 is 0 Å². The van der Waals surface area contributed by atoms with Gasteiger partial charge < -0.3 is 4.74 Å². The number of halogens is 1. The maximum absolute atomic E-state index is 6.10. The summed E-state index contributed by atoms with van der Waals surface area (Å²) in [6.45, 7) is 0.867. The number of thiophene rings is 1. The van der Waals surface area contributed by atoms with Crippen LogP contribution in [0.5, 0.6) is 0 Å². The molecule has 0 aromatic carbocycles. The average molecular weight is 363 g/mol. The lowest BCUT2D eigenvalue weighted by Crippen LogP contribution is -2.44. The van der Waals surface area contributed by atoms with Crippen molar-refractivity contribution in [3.8, 4) is 0 Å². The van der Waals surface area contributed by atoms with E-state index in [1.54, 1.807) is 11.3 Å². The Labute approximate surface area is 130 Å². The van der Waals surface area contributed by atoms with Crippen LogP contribution in [0, 0.1) is 5.92 Å². The minimum Gasteiger partial charge on any atom is -0.374 e. The Bertz CT molecular complexity index is 434. The fraction of sp³-hybridized carbons (Fsp3) is 0.692. The van der Waals surface area contributed by atoms with Crippen LogP contribution in [-0.2, 0) is 4.74 Å². The highest BCUT2D eigenvalue weighted by atomic mass is 79.9. The van der Waals surface area contributed by atoms with Crippen molar-refractivity contribution in [1.29, 1.82) is 0 Å². The molecule has 3 unspecified atom stereocenters. The SMILES string of the molecule is NNC(c1sccc1Br)C1CCOC2(CCSC2)C1. The van der Waals surface area contributed by atoms with Gasteiger partial charge in [-0.05, 0) is 58.3 Å². The lowest BCUT2D eigenvalue weighted by atomic mass is 9.81. The Hall–Kier alpha value is 0.410. The van der Waals surface area contributed by atoms with Crippen molar-refractivity contribution in [2.75, 3.05) is 18.1 Å². The number of nitrogens with one attached hydrogen (secondary N) is 1. The van der Waals surface area contributed by atoms with E-state index in [9.17, 15) is 0 Å². The minimum atomic E-state index is 0.117. The summed E-state index contributed by atoms with van der Waals surface area (Å²) in [5, 5.41) is 2.12. The number of hydrogen-bond donors (Lipinski definition) is 2. The van der Waals surface area contributed by atoms with E-state index in [0.29, 0.717) is 5.92 Å². The third kappa shape index (κ3) is 2.89. The molecule has 0 amide bonds. The lowest BCUT2D eigenvalue weighted by Gasteiger charge is -2.40. The van der Waals surface area contributed by atoms with Gasteiger partial charge in [-0.2, -0.15) is 11.8 Å². The van der Waals surface area contributed by atoms with Crippen molar-refractivity contribution in [2.45, 2.75) is 30.9 Å². The monoisotopic (exact) mass is 362 g/mol. The topological polar surface area (TPSA) is 47.3 Å². The molecule has 19 heavy (non-hydrogen) atoms. The molecule has 1 spiro atoms. The summed E-state index contributed by atoms with van der Waals surface area (Å²) in [4.78, 5) is 1.32. The van der Waals surface area contributed by atoms with Crippen molar-refractivity contribution in [1.82, 2.24) is 5.43 Å². The first-order valence-electron chi connectivity index (χ1n) is 6.65. The molecule has 0 aliphatic carbocycles. The fourth-order valence-corrected chi connectivity index (χ4v) is 6.32. The Morgan fingerprint density at radius 2 is 2.47 bits per heavy atom. The zero-order valence-electron chi connectivity index (χ0n) is 10.7. The highest BCUT2D eigenvalue weighted by molar-refractivity contribution is 9.10. The number of hydrazine groups is 1. The molecule has 0 radical (unpaired) electrons. The summed E-state index contributed by atoms with van der Waals surface area (Å²) in [5.74, 6) is 8.78. The first-order valence-corrected chi connectivity index (χ1v) is 9.47. The van der Waals surface area contributed by atoms with Crippen LogP contribution >= 0.6 is 39.0 Å². The number of thioether (sulfide) groups is 1. The van der Waals surface area contributed by atoms with Crippen LogP contribution in [0.25, 0.3) is 0 Å². The van der Waals surface area contributed by atoms with E-state index < -0.39 is 0 Å². The molecule has 2 aliphatic heterocycles. The van der Waals surface area contributed by atoms with Crippen molar-refractivity contribution < 1.29 is 4.74 Å². The van der Waals surface area contributed by atoms with Crippen LogP contribution in [-0.4, -0.2) is 23.7 Å². The van der Waals surface area contributed by atoms with E-state index in [4.69, 9.17) is 10.6 Å². The van der Waals surface area contributed by atoms with E-state index in [0.717, 1.165) is 25.2 Å². The zero-order chi connectivity index (χ0) is 13.3. The lowest BCUT2D eigenvalue weighted by molar-refractivity contribution is -0.0852. The number of ether oxygens (including phenoxy) is 1. The molecule has 2 fully saturated rings. The predicted octanol–water partition coefficient (Wildman–Crippen LogP) is 3.32. The summed E-state index contributed by atoms with van der Waals surface area (Å²) in [6, 6.07) is 2.34. The molecular formula is C13H19BrN2OS2. The first kappa shape index (κ1) is 14.4. The van der Waals surface area contributed by atoms with Gasteiger partial charge in [-0.3, -0.25) is 11.3 Å². The second-order valence-corrected chi connectivity index (χ2v) is 8.27. The van der Waals surface area contributed by atoms with Gasteiger partial charge in [0.2, 0.25) is 0 Å². The fourth-order valence-electron chi connectivity index (χ4n) is 3.17. The molecule has 1 aromatic rings. The molecule has 2 aliphatic rings. The average Bonchev–Trinajstić information content (AvgIpc) is 3.02. The molecule has 0 saturated carbocycles. The van der Waals surface area contributed by atoms with Crippen molar-refractivity contribution >= 4 is 39.0 Å². The molecule has 2 saturated heterocycles. The van der Waals surface area contributed by atoms with E-state index in [1.807, 2.05) is 11.8 Å². The molecule has 1 aromatic heterocycles. The van der Waals surface area contributed by atoms with Crippen LogP contribution < -0.4 is 11.3 Å². The molecule has 3 atom stereocenters. The first-order chi connectivity index (χ1) is 9.24. The van der Waals surface area contributed by atoms with Crippen molar-refractivity contribution in [2.24, 2.45) is 11.8 Å². The molecule has 3 N–H and O–H groups in total. The number of rotatable bonds is 3. The van der Waals surface area contributed by atoms with Gasteiger partial charge in [0.15, 0.2) is 0 Å². The van der Waals surface area contributed by atoms with Crippen LogP contribution in [0.4, 0.5) is 0 Å². The smallest absolute Gasteiger partial charge is 0.0783 e. The van der Waals surface area contributed by atoms with Gasteiger partial charge >= 0.3 is 0 Å². The molecule has 3 rings (SSSR count). The Kier molecular flexibility index (Phi) is 4.56. The molecule has 106 valence electrons. The molecular weight excluding hydrogens is 344 g/mol. The van der Waals surface area contributed by atoms with Gasteiger partial charge in [-0.25, -0.2) is 0 Å². The van der Waals surface area contributed by atoms with Gasteiger partial charge in [0.25, 0.3) is 0 Å². The maximum Gasteiger partial charge on any atom is 0.0783 e. The summed E-state index contributed by atoms with van der Waals surface area (Å²) in [7, 11) is 0. The second-order valence-electron chi connectivity index (χ2n) is 5.36. The van der Waals surface area contributed by atoms with Gasteiger partial charge in [-0.1, -0.05) is 0 Å². The van der Waals surface area contributed by atoms with Crippen LogP contribution in [0.1, 0.15) is 30.2 Å². The Morgan fingerprint density at radius 1 is 1.58 bits per heavy atom. The van der Waals surface area contributed by atoms with Gasteiger partial charge in [0, 0.05) is 21.7 Å². The normalized spacial score (nSPS) is 32.8. The highest BCUT2D eigenvalue weighted by Gasteiger charge is 2.43. The van der Waals surface area contributed by atoms with Crippen molar-refractivity contribution in [3.05, 3.63) is 20.8 Å². The quantitative estimate of drug-likeness (QED) is 0.639. The van der Waals surface area contributed by atoms with Crippen molar-refractivity contribution in [3.63, 3.8) is 0 Å². The largest absolute Gasteiger partial charge is 0.374 e. The molecule has 0 bridgehead atoms. The third-order valence-corrected chi connectivity index (χ3v) is 7.35. The second kappa shape index (κ2) is 6.03. The molecule has 3 heterocycles. The summed E-state index contributed by atoms with van der Waals surface area (Å²) in [6.07, 6.45) is 3.40. The van der Waals surface area contributed by atoms with Gasteiger partial charge in [0.1, 0.15) is 0 Å². The number of nitrogens with two attached hydrogens (primary N) is 1.